The van der Waals surface area contributed by atoms with E-state index in [0.717, 1.165) is 19.3 Å². The lowest BCUT2D eigenvalue weighted by molar-refractivity contribution is -0.152. The van der Waals surface area contributed by atoms with Crippen molar-refractivity contribution in [2.24, 2.45) is 0 Å². The molecule has 0 saturated heterocycles. The van der Waals surface area contributed by atoms with Crippen LogP contribution in [0, 0.1) is 0 Å². The number of carbonyl (C=O) groups excluding carboxylic acids is 2. The molecule has 0 atom stereocenters. The molecule has 0 aliphatic carbocycles. The Kier molecular flexibility index (Phi) is 9.52. The average molecular weight is 321 g/mol. The maximum Gasteiger partial charge on any atom is 0.397 e. The number of methoxy groups -OCH3 is 1. The Morgan fingerprint density at radius 3 is 2.35 bits per heavy atom. The zero-order valence-corrected chi connectivity index (χ0v) is 14.1. The Labute approximate surface area is 138 Å². The monoisotopic (exact) mass is 321 g/mol. The first kappa shape index (κ1) is 19.0. The fourth-order valence-electron chi connectivity index (χ4n) is 2.21. The number of hydrogen-bond acceptors (Lipinski definition) is 4. The lowest BCUT2D eigenvalue weighted by atomic mass is 10.1. The Bertz CT molecular complexity index is 488. The van der Waals surface area contributed by atoms with Crippen LogP contribution in [0.4, 0.5) is 5.69 Å². The lowest BCUT2D eigenvalue weighted by Crippen LogP contribution is -2.25. The largest absolute Gasteiger partial charge is 0.495 e. The number of esters is 1. The van der Waals surface area contributed by atoms with Gasteiger partial charge in [0, 0.05) is 0 Å². The molecule has 0 fully saturated rings. The molecule has 0 unspecified atom stereocenters. The fraction of sp³-hybridized carbons (Fsp3) is 0.556. The molecule has 1 aromatic carbocycles. The number of carbonyl (C=O) groups is 2. The molecule has 1 amide bonds. The highest BCUT2D eigenvalue weighted by atomic mass is 16.5. The van der Waals surface area contributed by atoms with Crippen molar-refractivity contribution < 1.29 is 19.1 Å². The van der Waals surface area contributed by atoms with Gasteiger partial charge >= 0.3 is 11.9 Å². The second-order valence-corrected chi connectivity index (χ2v) is 5.41. The second-order valence-electron chi connectivity index (χ2n) is 5.41. The highest BCUT2D eigenvalue weighted by molar-refractivity contribution is 6.37. The summed E-state index contributed by atoms with van der Waals surface area (Å²) in [6.07, 6.45) is 7.95. The standard InChI is InChI=1S/C18H27NO4/c1-3-4-5-6-7-8-11-14-23-18(21)17(20)19-15-12-9-10-13-16(15)22-2/h9-10,12-13H,3-8,11,14H2,1-2H3,(H,19,20). The molecule has 0 saturated carbocycles. The summed E-state index contributed by atoms with van der Waals surface area (Å²) in [7, 11) is 1.50. The van der Waals surface area contributed by atoms with E-state index in [1.54, 1.807) is 24.3 Å². The van der Waals surface area contributed by atoms with Crippen LogP contribution in [0.2, 0.25) is 0 Å². The summed E-state index contributed by atoms with van der Waals surface area (Å²) in [6, 6.07) is 6.91. The van der Waals surface area contributed by atoms with Crippen LogP contribution in [-0.4, -0.2) is 25.6 Å². The normalized spacial score (nSPS) is 10.2. The molecule has 1 N–H and O–H groups in total. The van der Waals surface area contributed by atoms with Crippen molar-refractivity contribution in [1.29, 1.82) is 0 Å². The van der Waals surface area contributed by atoms with E-state index in [9.17, 15) is 9.59 Å². The van der Waals surface area contributed by atoms with Crippen LogP contribution in [-0.2, 0) is 14.3 Å². The van der Waals surface area contributed by atoms with E-state index in [1.165, 1.54) is 32.8 Å². The van der Waals surface area contributed by atoms with E-state index < -0.39 is 11.9 Å². The summed E-state index contributed by atoms with van der Waals surface area (Å²) in [5.74, 6) is -1.14. The van der Waals surface area contributed by atoms with Gasteiger partial charge in [-0.3, -0.25) is 4.79 Å². The van der Waals surface area contributed by atoms with Crippen LogP contribution in [0.15, 0.2) is 24.3 Å². The smallest absolute Gasteiger partial charge is 0.397 e. The maximum absolute atomic E-state index is 11.8. The zero-order valence-electron chi connectivity index (χ0n) is 14.1. The number of ether oxygens (including phenoxy) is 2. The predicted octanol–water partition coefficient (Wildman–Crippen LogP) is 3.93. The number of amides is 1. The minimum absolute atomic E-state index is 0.284. The molecule has 0 heterocycles. The second kappa shape index (κ2) is 11.5. The molecule has 1 aromatic rings. The van der Waals surface area contributed by atoms with Gasteiger partial charge in [0.2, 0.25) is 0 Å². The van der Waals surface area contributed by atoms with Gasteiger partial charge in [0.05, 0.1) is 19.4 Å². The SMILES string of the molecule is CCCCCCCCCOC(=O)C(=O)Nc1ccccc1OC. The van der Waals surface area contributed by atoms with Crippen LogP contribution >= 0.6 is 0 Å². The summed E-state index contributed by atoms with van der Waals surface area (Å²) in [5, 5.41) is 2.50. The van der Waals surface area contributed by atoms with Gasteiger partial charge in [-0.2, -0.15) is 0 Å². The Balaban J connectivity index is 2.20. The van der Waals surface area contributed by atoms with Crippen LogP contribution in [0.3, 0.4) is 0 Å². The molecule has 128 valence electrons. The molecule has 23 heavy (non-hydrogen) atoms. The minimum atomic E-state index is -0.859. The maximum atomic E-state index is 11.8. The van der Waals surface area contributed by atoms with E-state index in [2.05, 4.69) is 12.2 Å². The number of unbranched alkanes of at least 4 members (excludes halogenated alkanes) is 6. The summed E-state index contributed by atoms with van der Waals surface area (Å²) < 4.78 is 10.1. The number of nitrogens with one attached hydrogen (secondary N) is 1. The van der Waals surface area contributed by atoms with E-state index in [0.29, 0.717) is 11.4 Å². The molecular formula is C18H27NO4. The molecule has 0 bridgehead atoms. The summed E-state index contributed by atoms with van der Waals surface area (Å²) in [4.78, 5) is 23.4. The molecule has 0 radical (unpaired) electrons. The first-order chi connectivity index (χ1) is 11.2. The summed E-state index contributed by atoms with van der Waals surface area (Å²) in [6.45, 7) is 2.47. The van der Waals surface area contributed by atoms with Gasteiger partial charge in [0.1, 0.15) is 5.75 Å². The third-order valence-electron chi connectivity index (χ3n) is 3.52. The number of hydrogen-bond donors (Lipinski definition) is 1. The van der Waals surface area contributed by atoms with Gasteiger partial charge in [0.15, 0.2) is 0 Å². The minimum Gasteiger partial charge on any atom is -0.495 e. The van der Waals surface area contributed by atoms with Crippen molar-refractivity contribution in [3.63, 3.8) is 0 Å². The highest BCUT2D eigenvalue weighted by Crippen LogP contribution is 2.22. The molecule has 1 rings (SSSR count). The predicted molar refractivity (Wildman–Crippen MR) is 90.6 cm³/mol. The van der Waals surface area contributed by atoms with Crippen molar-refractivity contribution in [1.82, 2.24) is 0 Å². The Hall–Kier alpha value is -2.04. The Morgan fingerprint density at radius 1 is 1.00 bits per heavy atom. The third kappa shape index (κ3) is 7.68. The fourth-order valence-corrected chi connectivity index (χ4v) is 2.21. The van der Waals surface area contributed by atoms with Gasteiger partial charge in [-0.1, -0.05) is 57.6 Å². The quantitative estimate of drug-likeness (QED) is 0.403. The summed E-state index contributed by atoms with van der Waals surface area (Å²) >= 11 is 0. The number of para-hydroxylation sites is 2. The van der Waals surface area contributed by atoms with Crippen LogP contribution in [0.25, 0.3) is 0 Å². The van der Waals surface area contributed by atoms with Crippen molar-refractivity contribution in [2.75, 3.05) is 19.0 Å². The van der Waals surface area contributed by atoms with E-state index in [4.69, 9.17) is 9.47 Å². The molecule has 5 heteroatoms. The van der Waals surface area contributed by atoms with Crippen molar-refractivity contribution in [2.45, 2.75) is 51.9 Å². The molecule has 0 aliphatic rings. The molecule has 0 aromatic heterocycles. The van der Waals surface area contributed by atoms with E-state index in [1.807, 2.05) is 0 Å². The zero-order chi connectivity index (χ0) is 16.9. The van der Waals surface area contributed by atoms with Crippen LogP contribution < -0.4 is 10.1 Å². The van der Waals surface area contributed by atoms with Crippen LogP contribution in [0.1, 0.15) is 51.9 Å². The molecule has 0 aliphatic heterocycles. The first-order valence-corrected chi connectivity index (χ1v) is 8.30. The summed E-state index contributed by atoms with van der Waals surface area (Å²) in [5.41, 5.74) is 0.452. The van der Waals surface area contributed by atoms with Crippen LogP contribution in [0.5, 0.6) is 5.75 Å². The van der Waals surface area contributed by atoms with E-state index in [-0.39, 0.29) is 6.61 Å². The molecule has 5 nitrogen and oxygen atoms in total. The van der Waals surface area contributed by atoms with Gasteiger partial charge in [0.25, 0.3) is 0 Å². The topological polar surface area (TPSA) is 64.6 Å². The van der Waals surface area contributed by atoms with Crippen molar-refractivity contribution in [3.05, 3.63) is 24.3 Å². The van der Waals surface area contributed by atoms with Crippen molar-refractivity contribution in [3.8, 4) is 5.75 Å². The first-order valence-electron chi connectivity index (χ1n) is 8.30. The Morgan fingerprint density at radius 2 is 1.65 bits per heavy atom. The highest BCUT2D eigenvalue weighted by Gasteiger charge is 2.16. The number of rotatable bonds is 10. The van der Waals surface area contributed by atoms with Gasteiger partial charge in [-0.05, 0) is 18.6 Å². The van der Waals surface area contributed by atoms with Crippen molar-refractivity contribution >= 4 is 17.6 Å². The molecular weight excluding hydrogens is 294 g/mol. The van der Waals surface area contributed by atoms with Gasteiger partial charge in [-0.15, -0.1) is 0 Å². The van der Waals surface area contributed by atoms with Gasteiger partial charge in [-0.25, -0.2) is 4.79 Å². The average Bonchev–Trinajstić information content (AvgIpc) is 2.57. The molecule has 0 spiro atoms. The number of anilines is 1. The lowest BCUT2D eigenvalue weighted by Gasteiger charge is -2.09. The van der Waals surface area contributed by atoms with Gasteiger partial charge < -0.3 is 14.8 Å². The third-order valence-corrected chi connectivity index (χ3v) is 3.52. The van der Waals surface area contributed by atoms with E-state index >= 15 is 0 Å². The number of benzene rings is 1.